The van der Waals surface area contributed by atoms with Crippen molar-refractivity contribution < 1.29 is 4.74 Å². The van der Waals surface area contributed by atoms with Crippen LogP contribution in [-0.2, 0) is 11.3 Å². The summed E-state index contributed by atoms with van der Waals surface area (Å²) in [7, 11) is 1.74. The number of rotatable bonds is 7. The van der Waals surface area contributed by atoms with Crippen LogP contribution in [0.2, 0.25) is 0 Å². The summed E-state index contributed by atoms with van der Waals surface area (Å²) in [5.41, 5.74) is 0.223. The maximum atomic E-state index is 5.11. The molecule has 0 aliphatic carbocycles. The van der Waals surface area contributed by atoms with E-state index in [1.54, 1.807) is 7.11 Å². The summed E-state index contributed by atoms with van der Waals surface area (Å²) in [4.78, 5) is 4.29. The quantitative estimate of drug-likeness (QED) is 0.774. The van der Waals surface area contributed by atoms with E-state index < -0.39 is 0 Å². The fourth-order valence-corrected chi connectivity index (χ4v) is 1.52. The van der Waals surface area contributed by atoms with Crippen LogP contribution in [-0.4, -0.2) is 29.8 Å². The Morgan fingerprint density at radius 3 is 2.88 bits per heavy atom. The van der Waals surface area contributed by atoms with Crippen LogP contribution in [0.1, 0.15) is 27.2 Å². The Labute approximate surface area is 98.0 Å². The van der Waals surface area contributed by atoms with Crippen LogP contribution in [0.3, 0.4) is 0 Å². The molecule has 0 spiro atoms. The second-order valence-corrected chi connectivity index (χ2v) is 4.80. The van der Waals surface area contributed by atoms with E-state index >= 15 is 0 Å². The summed E-state index contributed by atoms with van der Waals surface area (Å²) in [6, 6.07) is 0. The van der Waals surface area contributed by atoms with Crippen LogP contribution in [0.15, 0.2) is 12.4 Å². The molecule has 4 nitrogen and oxygen atoms in total. The highest BCUT2D eigenvalue weighted by Crippen LogP contribution is 2.20. The van der Waals surface area contributed by atoms with E-state index in [2.05, 4.69) is 35.6 Å². The predicted octanol–water partition coefficient (Wildman–Crippen LogP) is 2.38. The molecule has 92 valence electrons. The van der Waals surface area contributed by atoms with Crippen LogP contribution >= 0.6 is 0 Å². The third-order valence-electron chi connectivity index (χ3n) is 2.76. The van der Waals surface area contributed by atoms with E-state index in [4.69, 9.17) is 4.74 Å². The lowest BCUT2D eigenvalue weighted by Crippen LogP contribution is -2.25. The number of imidazole rings is 1. The lowest BCUT2D eigenvalue weighted by Gasteiger charge is -2.24. The zero-order valence-electron chi connectivity index (χ0n) is 10.8. The molecule has 1 N–H and O–H groups in total. The lowest BCUT2D eigenvalue weighted by atomic mass is 9.90. The molecule has 0 aliphatic heterocycles. The van der Waals surface area contributed by atoms with Crippen molar-refractivity contribution in [2.75, 3.05) is 25.6 Å². The summed E-state index contributed by atoms with van der Waals surface area (Å²) in [6.45, 7) is 9.24. The van der Waals surface area contributed by atoms with Crippen molar-refractivity contribution in [2.24, 2.45) is 5.41 Å². The van der Waals surface area contributed by atoms with Gasteiger partial charge in [0.1, 0.15) is 0 Å². The standard InChI is InChI=1S/C12H23N3O/c1-5-15-8-7-13-11(15)14-10-12(2,3)6-9-16-4/h7-8H,5-6,9-10H2,1-4H3,(H,13,14). The van der Waals surface area contributed by atoms with Crippen LogP contribution < -0.4 is 5.32 Å². The molecule has 16 heavy (non-hydrogen) atoms. The van der Waals surface area contributed by atoms with E-state index in [1.807, 2.05) is 12.4 Å². The lowest BCUT2D eigenvalue weighted by molar-refractivity contribution is 0.157. The molecule has 0 radical (unpaired) electrons. The van der Waals surface area contributed by atoms with Crippen molar-refractivity contribution >= 4 is 5.95 Å². The number of ether oxygens (including phenoxy) is 1. The molecule has 0 fully saturated rings. The minimum Gasteiger partial charge on any atom is -0.385 e. The van der Waals surface area contributed by atoms with E-state index in [0.717, 1.165) is 32.1 Å². The Morgan fingerprint density at radius 1 is 1.50 bits per heavy atom. The van der Waals surface area contributed by atoms with Crippen molar-refractivity contribution in [3.8, 4) is 0 Å². The number of anilines is 1. The molecule has 1 aromatic heterocycles. The third kappa shape index (κ3) is 3.85. The van der Waals surface area contributed by atoms with E-state index in [-0.39, 0.29) is 5.41 Å². The van der Waals surface area contributed by atoms with E-state index in [1.165, 1.54) is 0 Å². The number of aromatic nitrogens is 2. The van der Waals surface area contributed by atoms with Gasteiger partial charge in [0.05, 0.1) is 0 Å². The zero-order valence-corrected chi connectivity index (χ0v) is 10.8. The number of nitrogens with one attached hydrogen (secondary N) is 1. The number of methoxy groups -OCH3 is 1. The molecular weight excluding hydrogens is 202 g/mol. The van der Waals surface area contributed by atoms with Gasteiger partial charge in [0.2, 0.25) is 5.95 Å². The van der Waals surface area contributed by atoms with Gasteiger partial charge < -0.3 is 14.6 Å². The van der Waals surface area contributed by atoms with Crippen LogP contribution in [0.25, 0.3) is 0 Å². The van der Waals surface area contributed by atoms with Gasteiger partial charge in [-0.1, -0.05) is 13.8 Å². The molecule has 0 aromatic carbocycles. The van der Waals surface area contributed by atoms with E-state index in [0.29, 0.717) is 0 Å². The molecule has 1 heterocycles. The topological polar surface area (TPSA) is 39.1 Å². The number of hydrogen-bond acceptors (Lipinski definition) is 3. The normalized spacial score (nSPS) is 11.8. The average molecular weight is 225 g/mol. The highest BCUT2D eigenvalue weighted by atomic mass is 16.5. The van der Waals surface area contributed by atoms with Crippen LogP contribution in [0.5, 0.6) is 0 Å². The summed E-state index contributed by atoms with van der Waals surface area (Å²) >= 11 is 0. The van der Waals surface area contributed by atoms with Gasteiger partial charge in [0.15, 0.2) is 0 Å². The van der Waals surface area contributed by atoms with Crippen molar-refractivity contribution in [3.63, 3.8) is 0 Å². The third-order valence-corrected chi connectivity index (χ3v) is 2.76. The van der Waals surface area contributed by atoms with Gasteiger partial charge in [-0.25, -0.2) is 4.98 Å². The molecule has 0 amide bonds. The summed E-state index contributed by atoms with van der Waals surface area (Å²) in [6.07, 6.45) is 4.86. The first-order valence-electron chi connectivity index (χ1n) is 5.83. The van der Waals surface area contributed by atoms with Gasteiger partial charge in [-0.05, 0) is 18.8 Å². The van der Waals surface area contributed by atoms with Crippen molar-refractivity contribution in [1.29, 1.82) is 0 Å². The molecule has 0 atom stereocenters. The number of hydrogen-bond donors (Lipinski definition) is 1. The zero-order chi connectivity index (χ0) is 12.0. The van der Waals surface area contributed by atoms with Crippen LogP contribution in [0.4, 0.5) is 5.95 Å². The molecule has 1 aromatic rings. The Morgan fingerprint density at radius 2 is 2.25 bits per heavy atom. The van der Waals surface area contributed by atoms with Crippen molar-refractivity contribution in [3.05, 3.63) is 12.4 Å². The van der Waals surface area contributed by atoms with Gasteiger partial charge in [0.25, 0.3) is 0 Å². The maximum absolute atomic E-state index is 5.11. The maximum Gasteiger partial charge on any atom is 0.202 e. The Balaban J connectivity index is 2.44. The van der Waals surface area contributed by atoms with Crippen LogP contribution in [0, 0.1) is 5.41 Å². The molecule has 4 heteroatoms. The predicted molar refractivity (Wildman–Crippen MR) is 66.7 cm³/mol. The Kier molecular flexibility index (Phi) is 4.80. The Hall–Kier alpha value is -1.03. The molecule has 0 aliphatic rings. The van der Waals surface area contributed by atoms with Gasteiger partial charge in [-0.2, -0.15) is 0 Å². The smallest absolute Gasteiger partial charge is 0.202 e. The highest BCUT2D eigenvalue weighted by molar-refractivity contribution is 5.26. The van der Waals surface area contributed by atoms with Crippen molar-refractivity contribution in [1.82, 2.24) is 9.55 Å². The monoisotopic (exact) mass is 225 g/mol. The average Bonchev–Trinajstić information content (AvgIpc) is 2.71. The second kappa shape index (κ2) is 5.89. The first-order valence-corrected chi connectivity index (χ1v) is 5.83. The highest BCUT2D eigenvalue weighted by Gasteiger charge is 2.17. The summed E-state index contributed by atoms with van der Waals surface area (Å²) in [5, 5.41) is 3.39. The van der Waals surface area contributed by atoms with Gasteiger partial charge in [-0.15, -0.1) is 0 Å². The molecule has 0 saturated carbocycles. The second-order valence-electron chi connectivity index (χ2n) is 4.80. The molecule has 0 bridgehead atoms. The first kappa shape index (κ1) is 13.0. The summed E-state index contributed by atoms with van der Waals surface area (Å²) < 4.78 is 7.21. The first-order chi connectivity index (χ1) is 7.59. The van der Waals surface area contributed by atoms with Gasteiger partial charge in [0, 0.05) is 39.2 Å². The van der Waals surface area contributed by atoms with Gasteiger partial charge in [-0.3, -0.25) is 0 Å². The molecule has 0 saturated heterocycles. The number of aryl methyl sites for hydroxylation is 1. The Bertz CT molecular complexity index is 307. The van der Waals surface area contributed by atoms with Gasteiger partial charge >= 0.3 is 0 Å². The molecule has 1 rings (SSSR count). The fourth-order valence-electron chi connectivity index (χ4n) is 1.52. The minimum absolute atomic E-state index is 0.223. The fraction of sp³-hybridized carbons (Fsp3) is 0.750. The minimum atomic E-state index is 0.223. The largest absolute Gasteiger partial charge is 0.385 e. The molecular formula is C12H23N3O. The van der Waals surface area contributed by atoms with E-state index in [9.17, 15) is 0 Å². The SMILES string of the molecule is CCn1ccnc1NCC(C)(C)CCOC. The number of nitrogens with zero attached hydrogens (tertiary/aromatic N) is 2. The summed E-state index contributed by atoms with van der Waals surface area (Å²) in [5.74, 6) is 0.952. The van der Waals surface area contributed by atoms with Crippen molar-refractivity contribution in [2.45, 2.75) is 33.7 Å². The molecule has 0 unspecified atom stereocenters.